The standard InChI is InChI=1S/C11H20O3/c1-5-8(2)6-7-9-11(3,4)14-10(12)13-9/h8-9H,5-7H2,1-4H3. The third-order valence-corrected chi connectivity index (χ3v) is 2.98. The van der Waals surface area contributed by atoms with E-state index in [1.165, 1.54) is 6.42 Å². The summed E-state index contributed by atoms with van der Waals surface area (Å²) in [5, 5.41) is 0. The van der Waals surface area contributed by atoms with Crippen molar-refractivity contribution < 1.29 is 14.3 Å². The molecule has 2 atom stereocenters. The van der Waals surface area contributed by atoms with Crippen LogP contribution in [-0.4, -0.2) is 17.9 Å². The van der Waals surface area contributed by atoms with Crippen molar-refractivity contribution >= 4 is 6.16 Å². The van der Waals surface area contributed by atoms with Crippen LogP contribution in [0.1, 0.15) is 47.0 Å². The van der Waals surface area contributed by atoms with Gasteiger partial charge in [-0.1, -0.05) is 20.3 Å². The fourth-order valence-corrected chi connectivity index (χ4v) is 1.61. The Balaban J connectivity index is 2.41. The maximum atomic E-state index is 10.9. The van der Waals surface area contributed by atoms with Crippen LogP contribution in [0.3, 0.4) is 0 Å². The number of hydrogen-bond donors (Lipinski definition) is 0. The molecule has 0 bridgehead atoms. The van der Waals surface area contributed by atoms with E-state index >= 15 is 0 Å². The van der Waals surface area contributed by atoms with Crippen LogP contribution in [-0.2, 0) is 9.47 Å². The molecule has 0 N–H and O–H groups in total. The molecule has 0 spiro atoms. The lowest BCUT2D eigenvalue weighted by Gasteiger charge is -2.22. The molecule has 0 radical (unpaired) electrons. The second-order valence-electron chi connectivity index (χ2n) is 4.65. The summed E-state index contributed by atoms with van der Waals surface area (Å²) in [7, 11) is 0. The van der Waals surface area contributed by atoms with Gasteiger partial charge in [-0.3, -0.25) is 0 Å². The van der Waals surface area contributed by atoms with Crippen molar-refractivity contribution in [3.8, 4) is 0 Å². The number of cyclic esters (lactones) is 2. The van der Waals surface area contributed by atoms with E-state index in [-0.39, 0.29) is 6.10 Å². The summed E-state index contributed by atoms with van der Waals surface area (Å²) in [6.07, 6.45) is 2.55. The van der Waals surface area contributed by atoms with Crippen LogP contribution in [0, 0.1) is 5.92 Å². The van der Waals surface area contributed by atoms with Gasteiger partial charge < -0.3 is 9.47 Å². The van der Waals surface area contributed by atoms with Crippen molar-refractivity contribution in [2.24, 2.45) is 5.92 Å². The molecule has 1 aliphatic rings. The first kappa shape index (κ1) is 11.3. The molecule has 1 heterocycles. The zero-order valence-corrected chi connectivity index (χ0v) is 9.50. The normalized spacial score (nSPS) is 26.9. The number of ether oxygens (including phenoxy) is 2. The van der Waals surface area contributed by atoms with Crippen LogP contribution in [0.25, 0.3) is 0 Å². The summed E-state index contributed by atoms with van der Waals surface area (Å²) in [5.41, 5.74) is -0.454. The second-order valence-corrected chi connectivity index (χ2v) is 4.65. The molecular weight excluding hydrogens is 180 g/mol. The fraction of sp³-hybridized carbons (Fsp3) is 0.909. The van der Waals surface area contributed by atoms with E-state index in [2.05, 4.69) is 13.8 Å². The molecule has 0 aliphatic carbocycles. The van der Waals surface area contributed by atoms with Gasteiger partial charge in [-0.15, -0.1) is 0 Å². The van der Waals surface area contributed by atoms with Gasteiger partial charge in [-0.05, 0) is 32.6 Å². The van der Waals surface area contributed by atoms with Crippen molar-refractivity contribution in [1.82, 2.24) is 0 Å². The van der Waals surface area contributed by atoms with Crippen LogP contribution in [0.2, 0.25) is 0 Å². The molecule has 1 saturated heterocycles. The summed E-state index contributed by atoms with van der Waals surface area (Å²) < 4.78 is 10.2. The zero-order valence-electron chi connectivity index (χ0n) is 9.50. The Morgan fingerprint density at radius 2 is 2.14 bits per heavy atom. The summed E-state index contributed by atoms with van der Waals surface area (Å²) >= 11 is 0. The van der Waals surface area contributed by atoms with Gasteiger partial charge in [0.05, 0.1) is 0 Å². The maximum Gasteiger partial charge on any atom is 0.509 e. The van der Waals surface area contributed by atoms with Crippen LogP contribution in [0.15, 0.2) is 0 Å². The van der Waals surface area contributed by atoms with E-state index in [4.69, 9.17) is 9.47 Å². The van der Waals surface area contributed by atoms with E-state index in [1.54, 1.807) is 0 Å². The first-order chi connectivity index (χ1) is 6.45. The molecule has 1 rings (SSSR count). The van der Waals surface area contributed by atoms with Gasteiger partial charge in [0.1, 0.15) is 11.7 Å². The molecule has 3 nitrogen and oxygen atoms in total. The maximum absolute atomic E-state index is 10.9. The van der Waals surface area contributed by atoms with E-state index in [1.807, 2.05) is 13.8 Å². The highest BCUT2D eigenvalue weighted by molar-refractivity contribution is 5.63. The highest BCUT2D eigenvalue weighted by Crippen LogP contribution is 2.30. The Kier molecular flexibility index (Phi) is 3.40. The van der Waals surface area contributed by atoms with Crippen molar-refractivity contribution in [2.45, 2.75) is 58.7 Å². The van der Waals surface area contributed by atoms with Crippen LogP contribution < -0.4 is 0 Å². The average molecular weight is 200 g/mol. The van der Waals surface area contributed by atoms with Crippen LogP contribution in [0.4, 0.5) is 4.79 Å². The van der Waals surface area contributed by atoms with E-state index in [9.17, 15) is 4.79 Å². The molecule has 0 amide bonds. The molecule has 2 unspecified atom stereocenters. The smallest absolute Gasteiger partial charge is 0.427 e. The Bertz CT molecular complexity index is 211. The summed E-state index contributed by atoms with van der Waals surface area (Å²) in [6.45, 7) is 8.19. The molecule has 14 heavy (non-hydrogen) atoms. The molecule has 0 saturated carbocycles. The highest BCUT2D eigenvalue weighted by atomic mass is 16.8. The van der Waals surface area contributed by atoms with Gasteiger partial charge in [0.2, 0.25) is 0 Å². The lowest BCUT2D eigenvalue weighted by molar-refractivity contribution is 0.0582. The van der Waals surface area contributed by atoms with Crippen molar-refractivity contribution in [1.29, 1.82) is 0 Å². The molecule has 3 heteroatoms. The zero-order chi connectivity index (χ0) is 10.8. The Morgan fingerprint density at radius 3 is 2.57 bits per heavy atom. The number of rotatable bonds is 4. The minimum absolute atomic E-state index is 0.0796. The monoisotopic (exact) mass is 200 g/mol. The van der Waals surface area contributed by atoms with Gasteiger partial charge >= 0.3 is 6.16 Å². The van der Waals surface area contributed by atoms with Crippen LogP contribution in [0.5, 0.6) is 0 Å². The van der Waals surface area contributed by atoms with Gasteiger partial charge in [0.15, 0.2) is 0 Å². The highest BCUT2D eigenvalue weighted by Gasteiger charge is 2.43. The summed E-state index contributed by atoms with van der Waals surface area (Å²) in [4.78, 5) is 10.9. The average Bonchev–Trinajstić information content (AvgIpc) is 2.35. The Hall–Kier alpha value is -0.730. The first-order valence-corrected chi connectivity index (χ1v) is 5.35. The number of carbonyl (C=O) groups excluding carboxylic acids is 1. The second kappa shape index (κ2) is 4.20. The summed E-state index contributed by atoms with van der Waals surface area (Å²) in [5.74, 6) is 0.685. The molecule has 0 aromatic rings. The predicted octanol–water partition coefficient (Wildman–Crippen LogP) is 3.13. The SMILES string of the molecule is CCC(C)CCC1OC(=O)OC1(C)C. The minimum Gasteiger partial charge on any atom is -0.427 e. The molecule has 1 aliphatic heterocycles. The Labute approximate surface area is 85.8 Å². The minimum atomic E-state index is -0.524. The quantitative estimate of drug-likeness (QED) is 0.654. The molecule has 82 valence electrons. The lowest BCUT2D eigenvalue weighted by atomic mass is 9.93. The van der Waals surface area contributed by atoms with Gasteiger partial charge in [-0.2, -0.15) is 0 Å². The number of carbonyl (C=O) groups is 1. The number of hydrogen-bond acceptors (Lipinski definition) is 3. The van der Waals surface area contributed by atoms with Crippen molar-refractivity contribution in [3.63, 3.8) is 0 Å². The van der Waals surface area contributed by atoms with Crippen molar-refractivity contribution in [3.05, 3.63) is 0 Å². The molecule has 1 fully saturated rings. The molecular formula is C11H20O3. The van der Waals surface area contributed by atoms with Gasteiger partial charge in [0.25, 0.3) is 0 Å². The first-order valence-electron chi connectivity index (χ1n) is 5.35. The fourth-order valence-electron chi connectivity index (χ4n) is 1.61. The predicted molar refractivity (Wildman–Crippen MR) is 54.1 cm³/mol. The van der Waals surface area contributed by atoms with Crippen LogP contribution >= 0.6 is 0 Å². The van der Waals surface area contributed by atoms with E-state index in [0.717, 1.165) is 12.8 Å². The Morgan fingerprint density at radius 1 is 1.50 bits per heavy atom. The van der Waals surface area contributed by atoms with Gasteiger partial charge in [0, 0.05) is 0 Å². The largest absolute Gasteiger partial charge is 0.509 e. The lowest BCUT2D eigenvalue weighted by Crippen LogP contribution is -2.33. The molecule has 0 aromatic carbocycles. The third kappa shape index (κ3) is 2.63. The van der Waals surface area contributed by atoms with E-state index < -0.39 is 11.8 Å². The van der Waals surface area contributed by atoms with Gasteiger partial charge in [-0.25, -0.2) is 4.79 Å². The molecule has 0 aromatic heterocycles. The third-order valence-electron chi connectivity index (χ3n) is 2.98. The van der Waals surface area contributed by atoms with Crippen molar-refractivity contribution in [2.75, 3.05) is 0 Å². The topological polar surface area (TPSA) is 35.5 Å². The van der Waals surface area contributed by atoms with E-state index in [0.29, 0.717) is 5.92 Å². The summed E-state index contributed by atoms with van der Waals surface area (Å²) in [6, 6.07) is 0.